The second-order valence-corrected chi connectivity index (χ2v) is 6.40. The number of hydrogen-bond donors (Lipinski definition) is 2. The van der Waals surface area contributed by atoms with Crippen molar-refractivity contribution >= 4 is 35.8 Å². The van der Waals surface area contributed by atoms with Gasteiger partial charge in [0.25, 0.3) is 0 Å². The molecule has 1 saturated heterocycles. The highest BCUT2D eigenvalue weighted by Gasteiger charge is 2.21. The van der Waals surface area contributed by atoms with Gasteiger partial charge in [0.15, 0.2) is 5.96 Å². The molecule has 2 N–H and O–H groups in total. The van der Waals surface area contributed by atoms with Gasteiger partial charge in [0.2, 0.25) is 5.91 Å². The van der Waals surface area contributed by atoms with Gasteiger partial charge in [-0.05, 0) is 38.7 Å². The molecule has 2 rings (SSSR count). The smallest absolute Gasteiger partial charge is 0.241 e. The van der Waals surface area contributed by atoms with E-state index in [1.807, 2.05) is 32.0 Å². The third kappa shape index (κ3) is 8.92. The molecule has 0 saturated carbocycles. The molecule has 0 bridgehead atoms. The Labute approximate surface area is 180 Å². The molecule has 0 aliphatic carbocycles. The molecule has 0 unspecified atom stereocenters. The van der Waals surface area contributed by atoms with Crippen molar-refractivity contribution in [2.24, 2.45) is 4.99 Å². The lowest BCUT2D eigenvalue weighted by molar-refractivity contribution is -0.119. The lowest BCUT2D eigenvalue weighted by atomic mass is 10.1. The van der Waals surface area contributed by atoms with E-state index in [0.29, 0.717) is 12.6 Å². The van der Waals surface area contributed by atoms with E-state index < -0.39 is 0 Å². The lowest BCUT2D eigenvalue weighted by Gasteiger charge is -2.34. The number of rotatable bonds is 8. The fourth-order valence-corrected chi connectivity index (χ4v) is 3.09. The summed E-state index contributed by atoms with van der Waals surface area (Å²) in [6.45, 7) is 8.24. The number of hydrogen-bond acceptors (Lipinski definition) is 3. The number of benzene rings is 1. The van der Waals surface area contributed by atoms with Crippen LogP contribution in [0.1, 0.15) is 32.3 Å². The molecule has 1 heterocycles. The van der Waals surface area contributed by atoms with Crippen LogP contribution in [0, 0.1) is 0 Å². The molecular weight excluding hydrogens is 455 g/mol. The normalized spacial score (nSPS) is 15.2. The number of amides is 1. The van der Waals surface area contributed by atoms with E-state index in [-0.39, 0.29) is 36.4 Å². The average Bonchev–Trinajstić information content (AvgIpc) is 2.67. The summed E-state index contributed by atoms with van der Waals surface area (Å²) >= 11 is 0. The maximum Gasteiger partial charge on any atom is 0.241 e. The molecule has 152 valence electrons. The van der Waals surface area contributed by atoms with Crippen molar-refractivity contribution in [3.63, 3.8) is 0 Å². The van der Waals surface area contributed by atoms with Crippen LogP contribution in [0.2, 0.25) is 0 Å². The zero-order chi connectivity index (χ0) is 18.6. The summed E-state index contributed by atoms with van der Waals surface area (Å²) in [7, 11) is 0. The molecule has 0 spiro atoms. The number of guanidine groups is 1. The molecule has 1 fully saturated rings. The van der Waals surface area contributed by atoms with E-state index in [4.69, 9.17) is 4.74 Å². The Morgan fingerprint density at radius 2 is 1.89 bits per heavy atom. The first-order valence-electron chi connectivity index (χ1n) is 9.68. The van der Waals surface area contributed by atoms with Crippen molar-refractivity contribution in [2.45, 2.75) is 39.2 Å². The Hall–Kier alpha value is -1.35. The van der Waals surface area contributed by atoms with Crippen molar-refractivity contribution in [1.29, 1.82) is 0 Å². The first-order valence-corrected chi connectivity index (χ1v) is 9.68. The SMILES string of the molecule is CCNC(=NCC(=O)NCCc1ccccc1)N1CCC(OCC)CC1.I. The van der Waals surface area contributed by atoms with Gasteiger partial charge in [0, 0.05) is 32.8 Å². The van der Waals surface area contributed by atoms with Crippen LogP contribution in [-0.4, -0.2) is 62.2 Å². The van der Waals surface area contributed by atoms with Crippen molar-refractivity contribution < 1.29 is 9.53 Å². The highest BCUT2D eigenvalue weighted by Crippen LogP contribution is 2.13. The van der Waals surface area contributed by atoms with Crippen molar-refractivity contribution in [3.8, 4) is 0 Å². The Bertz CT molecular complexity index is 560. The van der Waals surface area contributed by atoms with Crippen molar-refractivity contribution in [1.82, 2.24) is 15.5 Å². The van der Waals surface area contributed by atoms with Crippen LogP contribution in [0.4, 0.5) is 0 Å². The Balaban J connectivity index is 0.00000364. The number of nitrogens with one attached hydrogen (secondary N) is 2. The number of halogens is 1. The zero-order valence-electron chi connectivity index (χ0n) is 16.4. The fraction of sp³-hybridized carbons (Fsp3) is 0.600. The summed E-state index contributed by atoms with van der Waals surface area (Å²) in [6, 6.07) is 10.2. The summed E-state index contributed by atoms with van der Waals surface area (Å²) in [5, 5.41) is 6.23. The summed E-state index contributed by atoms with van der Waals surface area (Å²) < 4.78 is 5.70. The zero-order valence-corrected chi connectivity index (χ0v) is 18.8. The predicted molar refractivity (Wildman–Crippen MR) is 121 cm³/mol. The topological polar surface area (TPSA) is 66.0 Å². The maximum atomic E-state index is 12.1. The first kappa shape index (κ1) is 23.7. The van der Waals surface area contributed by atoms with E-state index >= 15 is 0 Å². The largest absolute Gasteiger partial charge is 0.378 e. The summed E-state index contributed by atoms with van der Waals surface area (Å²) in [6.07, 6.45) is 3.19. The van der Waals surface area contributed by atoms with Gasteiger partial charge in [-0.1, -0.05) is 30.3 Å². The van der Waals surface area contributed by atoms with E-state index in [2.05, 4.69) is 32.7 Å². The molecule has 1 aromatic carbocycles. The van der Waals surface area contributed by atoms with E-state index in [9.17, 15) is 4.79 Å². The van der Waals surface area contributed by atoms with Crippen molar-refractivity contribution in [3.05, 3.63) is 35.9 Å². The van der Waals surface area contributed by atoms with Crippen LogP contribution >= 0.6 is 24.0 Å². The van der Waals surface area contributed by atoms with E-state index in [1.54, 1.807) is 0 Å². The number of ether oxygens (including phenoxy) is 1. The number of aliphatic imine (C=N–C) groups is 1. The van der Waals surface area contributed by atoms with Gasteiger partial charge >= 0.3 is 0 Å². The molecule has 1 aromatic rings. The van der Waals surface area contributed by atoms with Crippen LogP contribution in [0.25, 0.3) is 0 Å². The third-order valence-corrected chi connectivity index (χ3v) is 4.43. The Morgan fingerprint density at radius 3 is 2.52 bits per heavy atom. The minimum absolute atomic E-state index is 0. The second kappa shape index (κ2) is 13.8. The standard InChI is InChI=1S/C20H32N4O2.HI/c1-3-21-20(24-14-11-18(12-15-24)26-4-2)23-16-19(25)22-13-10-17-8-6-5-7-9-17;/h5-9,18H,3-4,10-16H2,1-2H3,(H,21,23)(H,22,25);1H. The minimum atomic E-state index is -0.0412. The van der Waals surface area contributed by atoms with Gasteiger partial charge in [0.1, 0.15) is 6.54 Å². The van der Waals surface area contributed by atoms with Crippen LogP contribution in [0.3, 0.4) is 0 Å². The highest BCUT2D eigenvalue weighted by molar-refractivity contribution is 14.0. The predicted octanol–water partition coefficient (Wildman–Crippen LogP) is 2.43. The number of carbonyl (C=O) groups excluding carboxylic acids is 1. The average molecular weight is 488 g/mol. The van der Waals surface area contributed by atoms with E-state index in [1.165, 1.54) is 5.56 Å². The monoisotopic (exact) mass is 488 g/mol. The van der Waals surface area contributed by atoms with Crippen LogP contribution in [0.5, 0.6) is 0 Å². The Kier molecular flexibility index (Phi) is 12.1. The van der Waals surface area contributed by atoms with Crippen molar-refractivity contribution in [2.75, 3.05) is 39.3 Å². The third-order valence-electron chi connectivity index (χ3n) is 4.43. The van der Waals surface area contributed by atoms with Gasteiger partial charge in [-0.3, -0.25) is 4.79 Å². The molecule has 0 atom stereocenters. The molecule has 1 amide bonds. The minimum Gasteiger partial charge on any atom is -0.378 e. The summed E-state index contributed by atoms with van der Waals surface area (Å²) in [5.74, 6) is 0.779. The summed E-state index contributed by atoms with van der Waals surface area (Å²) in [5.41, 5.74) is 1.22. The van der Waals surface area contributed by atoms with Gasteiger partial charge in [-0.2, -0.15) is 0 Å². The lowest BCUT2D eigenvalue weighted by Crippen LogP contribution is -2.47. The number of likely N-dealkylation sites (tertiary alicyclic amines) is 1. The number of carbonyl (C=O) groups is 1. The second-order valence-electron chi connectivity index (χ2n) is 6.40. The number of piperidine rings is 1. The maximum absolute atomic E-state index is 12.1. The van der Waals surface area contributed by atoms with Crippen LogP contribution in [0.15, 0.2) is 35.3 Å². The van der Waals surface area contributed by atoms with Gasteiger partial charge in [0.05, 0.1) is 6.10 Å². The quantitative estimate of drug-likeness (QED) is 0.335. The van der Waals surface area contributed by atoms with Gasteiger partial charge < -0.3 is 20.3 Å². The molecular formula is C20H33IN4O2. The molecule has 7 heteroatoms. The van der Waals surface area contributed by atoms with Gasteiger partial charge in [-0.15, -0.1) is 24.0 Å². The molecule has 27 heavy (non-hydrogen) atoms. The fourth-order valence-electron chi connectivity index (χ4n) is 3.09. The summed E-state index contributed by atoms with van der Waals surface area (Å²) in [4.78, 5) is 18.8. The van der Waals surface area contributed by atoms with Crippen LogP contribution < -0.4 is 10.6 Å². The molecule has 1 aliphatic heterocycles. The number of nitrogens with zero attached hydrogens (tertiary/aromatic N) is 2. The van der Waals surface area contributed by atoms with E-state index in [0.717, 1.165) is 51.5 Å². The van der Waals surface area contributed by atoms with Crippen LogP contribution in [-0.2, 0) is 16.0 Å². The molecule has 6 nitrogen and oxygen atoms in total. The Morgan fingerprint density at radius 1 is 1.19 bits per heavy atom. The van der Waals surface area contributed by atoms with Gasteiger partial charge in [-0.25, -0.2) is 4.99 Å². The first-order chi connectivity index (χ1) is 12.7. The molecule has 1 aliphatic rings. The highest BCUT2D eigenvalue weighted by atomic mass is 127. The molecule has 0 radical (unpaired) electrons. The molecule has 0 aromatic heterocycles.